The third-order valence-electron chi connectivity index (χ3n) is 3.45. The molecule has 0 radical (unpaired) electrons. The van der Waals surface area contributed by atoms with Crippen LogP contribution < -0.4 is 15.8 Å². The van der Waals surface area contributed by atoms with Crippen LogP contribution in [0.5, 0.6) is 5.75 Å². The van der Waals surface area contributed by atoms with Crippen molar-refractivity contribution in [2.24, 2.45) is 0 Å². The number of hydrogen-bond donors (Lipinski definition) is 2. The van der Waals surface area contributed by atoms with Gasteiger partial charge in [-0.25, -0.2) is 0 Å². The molecule has 0 saturated carbocycles. The van der Waals surface area contributed by atoms with Gasteiger partial charge in [-0.3, -0.25) is 4.79 Å². The zero-order chi connectivity index (χ0) is 14.8. The monoisotopic (exact) mass is 279 g/mol. The molecule has 1 atom stereocenters. The Bertz CT molecular complexity index is 749. The van der Waals surface area contributed by atoms with E-state index in [0.717, 1.165) is 11.3 Å². The van der Waals surface area contributed by atoms with E-state index in [1.54, 1.807) is 12.1 Å². The van der Waals surface area contributed by atoms with Crippen molar-refractivity contribution < 1.29 is 9.53 Å². The molecule has 5 heteroatoms. The Kier molecular flexibility index (Phi) is 3.20. The number of carbonyl (C=O) groups is 1. The number of nitriles is 1. The summed E-state index contributed by atoms with van der Waals surface area (Å²) in [6, 6.07) is 14.3. The molecule has 104 valence electrons. The van der Waals surface area contributed by atoms with Crippen molar-refractivity contribution in [3.05, 3.63) is 53.6 Å². The molecule has 5 nitrogen and oxygen atoms in total. The summed E-state index contributed by atoms with van der Waals surface area (Å²) in [5.74, 6) is 0.220. The molecule has 21 heavy (non-hydrogen) atoms. The highest BCUT2D eigenvalue weighted by Crippen LogP contribution is 2.34. The molecule has 1 unspecified atom stereocenters. The predicted molar refractivity (Wildman–Crippen MR) is 78.9 cm³/mol. The average molecular weight is 279 g/mol. The minimum absolute atomic E-state index is 0.170. The van der Waals surface area contributed by atoms with Gasteiger partial charge in [-0.05, 0) is 24.3 Å². The first-order valence-corrected chi connectivity index (χ1v) is 6.51. The molecule has 0 spiro atoms. The van der Waals surface area contributed by atoms with Crippen LogP contribution in [0.2, 0.25) is 0 Å². The molecule has 2 aromatic carbocycles. The van der Waals surface area contributed by atoms with Gasteiger partial charge in [0.05, 0.1) is 23.0 Å². The van der Waals surface area contributed by atoms with Crippen molar-refractivity contribution in [3.8, 4) is 11.8 Å². The van der Waals surface area contributed by atoms with Gasteiger partial charge >= 0.3 is 0 Å². The van der Waals surface area contributed by atoms with Crippen LogP contribution in [-0.4, -0.2) is 12.5 Å². The molecule has 0 bridgehead atoms. The highest BCUT2D eigenvalue weighted by atomic mass is 16.5. The molecule has 2 aromatic rings. The normalized spacial score (nSPS) is 15.7. The lowest BCUT2D eigenvalue weighted by Gasteiger charge is -2.12. The summed E-state index contributed by atoms with van der Waals surface area (Å²) in [6.07, 6.45) is 0. The molecular weight excluding hydrogens is 266 g/mol. The molecule has 3 N–H and O–H groups in total. The van der Waals surface area contributed by atoms with Crippen molar-refractivity contribution in [2.75, 3.05) is 17.7 Å². The van der Waals surface area contributed by atoms with E-state index in [1.807, 2.05) is 30.3 Å². The SMILES string of the molecule is N#Cc1ccc(NC(=O)C2COc3ccccc32)c(N)c1. The number of nitrogens with zero attached hydrogens (tertiary/aromatic N) is 1. The van der Waals surface area contributed by atoms with Crippen LogP contribution in [-0.2, 0) is 4.79 Å². The smallest absolute Gasteiger partial charge is 0.235 e. The first-order valence-electron chi connectivity index (χ1n) is 6.51. The van der Waals surface area contributed by atoms with Crippen LogP contribution in [0.15, 0.2) is 42.5 Å². The number of nitrogen functional groups attached to an aromatic ring is 1. The standard InChI is InChI=1S/C16H13N3O2/c17-8-10-5-6-14(13(18)7-10)19-16(20)12-9-21-15-4-2-1-3-11(12)15/h1-7,12H,9,18H2,(H,19,20). The maximum absolute atomic E-state index is 12.4. The quantitative estimate of drug-likeness (QED) is 0.825. The number of hydrogen-bond acceptors (Lipinski definition) is 4. The van der Waals surface area contributed by atoms with Crippen LogP contribution in [0.1, 0.15) is 17.0 Å². The molecule has 1 aliphatic heterocycles. The Morgan fingerprint density at radius 2 is 2.14 bits per heavy atom. The van der Waals surface area contributed by atoms with Crippen molar-refractivity contribution in [1.82, 2.24) is 0 Å². The van der Waals surface area contributed by atoms with Crippen LogP contribution in [0.25, 0.3) is 0 Å². The van der Waals surface area contributed by atoms with E-state index in [4.69, 9.17) is 15.7 Å². The highest BCUT2D eigenvalue weighted by Gasteiger charge is 2.30. The van der Waals surface area contributed by atoms with Gasteiger partial charge in [0.1, 0.15) is 18.3 Å². The summed E-state index contributed by atoms with van der Waals surface area (Å²) in [5.41, 5.74) is 8.05. The van der Waals surface area contributed by atoms with E-state index in [9.17, 15) is 4.79 Å². The minimum atomic E-state index is -0.351. The Balaban J connectivity index is 1.81. The number of anilines is 2. The fourth-order valence-electron chi connectivity index (χ4n) is 2.35. The van der Waals surface area contributed by atoms with Crippen LogP contribution in [0, 0.1) is 11.3 Å². The summed E-state index contributed by atoms with van der Waals surface area (Å²) in [7, 11) is 0. The molecular formula is C16H13N3O2. The lowest BCUT2D eigenvalue weighted by Crippen LogP contribution is -2.22. The summed E-state index contributed by atoms with van der Waals surface area (Å²) in [5, 5.41) is 11.6. The van der Waals surface area contributed by atoms with Gasteiger partial charge in [-0.15, -0.1) is 0 Å². The zero-order valence-corrected chi connectivity index (χ0v) is 11.2. The van der Waals surface area contributed by atoms with E-state index in [2.05, 4.69) is 5.32 Å². The van der Waals surface area contributed by atoms with Crippen molar-refractivity contribution in [1.29, 1.82) is 5.26 Å². The van der Waals surface area contributed by atoms with E-state index in [1.165, 1.54) is 6.07 Å². The largest absolute Gasteiger partial charge is 0.492 e. The number of ether oxygens (including phenoxy) is 1. The van der Waals surface area contributed by atoms with Gasteiger partial charge in [0, 0.05) is 5.56 Å². The first-order chi connectivity index (χ1) is 10.2. The molecule has 0 saturated heterocycles. The lowest BCUT2D eigenvalue weighted by molar-refractivity contribution is -0.117. The van der Waals surface area contributed by atoms with Gasteiger partial charge in [0.25, 0.3) is 0 Å². The number of carbonyl (C=O) groups excluding carboxylic acids is 1. The summed E-state index contributed by atoms with van der Waals surface area (Å²) in [6.45, 7) is 0.321. The van der Waals surface area contributed by atoms with Crippen LogP contribution in [0.3, 0.4) is 0 Å². The number of rotatable bonds is 2. The number of para-hydroxylation sites is 1. The molecule has 0 fully saturated rings. The minimum Gasteiger partial charge on any atom is -0.492 e. The molecule has 1 heterocycles. The number of nitrogens with one attached hydrogen (secondary N) is 1. The number of amides is 1. The van der Waals surface area contributed by atoms with E-state index in [-0.39, 0.29) is 11.8 Å². The Morgan fingerprint density at radius 3 is 2.90 bits per heavy atom. The fourth-order valence-corrected chi connectivity index (χ4v) is 2.35. The summed E-state index contributed by atoms with van der Waals surface area (Å²) < 4.78 is 5.50. The van der Waals surface area contributed by atoms with Gasteiger partial charge < -0.3 is 15.8 Å². The average Bonchev–Trinajstić information content (AvgIpc) is 2.93. The van der Waals surface area contributed by atoms with E-state index >= 15 is 0 Å². The fraction of sp³-hybridized carbons (Fsp3) is 0.125. The third kappa shape index (κ3) is 2.39. The third-order valence-corrected chi connectivity index (χ3v) is 3.45. The molecule has 0 aromatic heterocycles. The van der Waals surface area contributed by atoms with Gasteiger partial charge in [-0.1, -0.05) is 18.2 Å². The number of benzene rings is 2. The van der Waals surface area contributed by atoms with E-state index < -0.39 is 0 Å². The maximum Gasteiger partial charge on any atom is 0.235 e. The van der Waals surface area contributed by atoms with Crippen LogP contribution in [0.4, 0.5) is 11.4 Å². The van der Waals surface area contributed by atoms with Gasteiger partial charge in [0.15, 0.2) is 0 Å². The summed E-state index contributed by atoms with van der Waals surface area (Å²) >= 11 is 0. The van der Waals surface area contributed by atoms with Gasteiger partial charge in [-0.2, -0.15) is 5.26 Å². The van der Waals surface area contributed by atoms with Crippen LogP contribution >= 0.6 is 0 Å². The van der Waals surface area contributed by atoms with Crippen molar-refractivity contribution in [2.45, 2.75) is 5.92 Å². The Morgan fingerprint density at radius 1 is 1.33 bits per heavy atom. The first kappa shape index (κ1) is 13.0. The second kappa shape index (κ2) is 5.17. The number of fused-ring (bicyclic) bond motifs is 1. The maximum atomic E-state index is 12.4. The highest BCUT2D eigenvalue weighted by molar-refractivity contribution is 5.99. The zero-order valence-electron chi connectivity index (χ0n) is 11.2. The van der Waals surface area contributed by atoms with Crippen molar-refractivity contribution in [3.63, 3.8) is 0 Å². The number of nitrogens with two attached hydrogens (primary N) is 1. The molecule has 0 aliphatic carbocycles. The van der Waals surface area contributed by atoms with Gasteiger partial charge in [0.2, 0.25) is 5.91 Å². The Labute approximate surface area is 121 Å². The Hall–Kier alpha value is -3.00. The van der Waals surface area contributed by atoms with E-state index in [0.29, 0.717) is 23.5 Å². The summed E-state index contributed by atoms with van der Waals surface area (Å²) in [4.78, 5) is 12.4. The lowest BCUT2D eigenvalue weighted by atomic mass is 10.0. The molecule has 1 amide bonds. The second-order valence-electron chi connectivity index (χ2n) is 4.80. The predicted octanol–water partition coefficient (Wildman–Crippen LogP) is 2.26. The molecule has 1 aliphatic rings. The second-order valence-corrected chi connectivity index (χ2v) is 4.80. The topological polar surface area (TPSA) is 88.1 Å². The van der Waals surface area contributed by atoms with Crippen molar-refractivity contribution >= 4 is 17.3 Å². The molecule has 3 rings (SSSR count).